The van der Waals surface area contributed by atoms with Crippen LogP contribution in [0.1, 0.15) is 5.56 Å². The van der Waals surface area contributed by atoms with E-state index in [1.54, 1.807) is 55.6 Å². The fourth-order valence-electron chi connectivity index (χ4n) is 3.02. The minimum Gasteiger partial charge on any atom is -0.593 e. The summed E-state index contributed by atoms with van der Waals surface area (Å²) in [5.41, 5.74) is 0.587. The third-order valence-electron chi connectivity index (χ3n) is 4.61. The van der Waals surface area contributed by atoms with E-state index in [1.165, 1.54) is 12.4 Å². The van der Waals surface area contributed by atoms with Gasteiger partial charge in [-0.2, -0.15) is 4.39 Å². The topological polar surface area (TPSA) is 95.0 Å². The van der Waals surface area contributed by atoms with Gasteiger partial charge in [-0.15, -0.1) is 0 Å². The molecule has 0 saturated carbocycles. The molecule has 0 bridgehead atoms. The number of nitrogens with zero attached hydrogens (tertiary/aromatic N) is 3. The standard InChI is InChI=1S/C23H18F3N5O2S/c1-27-23-29-11-9-17(30-23)15-8-5-10-28-22(15)33-18-12-16(24)21(20(26)19(18)25)31-34(32)13-14-6-3-2-4-7-14/h2-12,31H,13H2,1H3,(H,27,29,30). The zero-order chi connectivity index (χ0) is 24.1. The van der Waals surface area contributed by atoms with Gasteiger partial charge in [0.15, 0.2) is 28.8 Å². The van der Waals surface area contributed by atoms with Gasteiger partial charge in [0.2, 0.25) is 17.6 Å². The van der Waals surface area contributed by atoms with Gasteiger partial charge in [0.05, 0.1) is 22.6 Å². The summed E-state index contributed by atoms with van der Waals surface area (Å²) in [6.45, 7) is 0. The Labute approximate surface area is 196 Å². The molecule has 2 N–H and O–H groups in total. The molecule has 0 radical (unpaired) electrons. The second-order valence-electron chi connectivity index (χ2n) is 6.91. The van der Waals surface area contributed by atoms with Crippen LogP contribution in [0.3, 0.4) is 0 Å². The van der Waals surface area contributed by atoms with Crippen molar-refractivity contribution in [1.82, 2.24) is 15.0 Å². The number of ether oxygens (including phenoxy) is 1. The first-order chi connectivity index (χ1) is 16.5. The van der Waals surface area contributed by atoms with E-state index < -0.39 is 40.3 Å². The Morgan fingerprint density at radius 1 is 0.971 bits per heavy atom. The molecule has 2 aromatic heterocycles. The molecule has 0 fully saturated rings. The molecule has 174 valence electrons. The maximum absolute atomic E-state index is 14.8. The molecular formula is C23H18F3N5O2S. The lowest BCUT2D eigenvalue weighted by Gasteiger charge is -2.15. The molecule has 1 atom stereocenters. The number of aromatic nitrogens is 3. The fraction of sp³-hybridized carbons (Fsp3) is 0.0870. The van der Waals surface area contributed by atoms with Crippen molar-refractivity contribution in [2.75, 3.05) is 17.1 Å². The molecular weight excluding hydrogens is 467 g/mol. The van der Waals surface area contributed by atoms with Crippen molar-refractivity contribution < 1.29 is 22.5 Å². The van der Waals surface area contributed by atoms with Crippen LogP contribution in [0.4, 0.5) is 24.8 Å². The summed E-state index contributed by atoms with van der Waals surface area (Å²) >= 11 is -1.90. The SMILES string of the molecule is CNc1nccc(-c2cccnc2Oc2cc(F)c(N[S+]([O-])Cc3ccccc3)c(F)c2F)n1. The van der Waals surface area contributed by atoms with Gasteiger partial charge in [-0.1, -0.05) is 30.3 Å². The number of hydrogen-bond donors (Lipinski definition) is 2. The van der Waals surface area contributed by atoms with Gasteiger partial charge in [0.1, 0.15) is 0 Å². The molecule has 1 unspecified atom stereocenters. The van der Waals surface area contributed by atoms with E-state index in [-0.39, 0.29) is 11.6 Å². The zero-order valence-corrected chi connectivity index (χ0v) is 18.6. The monoisotopic (exact) mass is 485 g/mol. The third-order valence-corrected chi connectivity index (χ3v) is 5.64. The normalized spacial score (nSPS) is 11.7. The van der Waals surface area contributed by atoms with Crippen LogP contribution in [0.25, 0.3) is 11.3 Å². The molecule has 34 heavy (non-hydrogen) atoms. The van der Waals surface area contributed by atoms with Crippen molar-refractivity contribution in [1.29, 1.82) is 0 Å². The predicted octanol–water partition coefficient (Wildman–Crippen LogP) is 5.07. The molecule has 2 heterocycles. The van der Waals surface area contributed by atoms with E-state index in [0.717, 1.165) is 0 Å². The van der Waals surface area contributed by atoms with E-state index in [1.807, 2.05) is 0 Å². The molecule has 0 amide bonds. The number of anilines is 2. The smallest absolute Gasteiger partial charge is 0.228 e. The van der Waals surface area contributed by atoms with E-state index in [9.17, 15) is 17.7 Å². The second-order valence-corrected chi connectivity index (χ2v) is 8.09. The fourth-order valence-corrected chi connectivity index (χ4v) is 4.00. The number of nitrogens with one attached hydrogen (secondary N) is 2. The molecule has 0 saturated heterocycles. The first kappa shape index (κ1) is 23.3. The average Bonchev–Trinajstić information content (AvgIpc) is 2.86. The maximum atomic E-state index is 14.8. The van der Waals surface area contributed by atoms with Gasteiger partial charge >= 0.3 is 0 Å². The summed E-state index contributed by atoms with van der Waals surface area (Å²) in [6.07, 6.45) is 2.88. The average molecular weight is 485 g/mol. The highest BCUT2D eigenvalue weighted by molar-refractivity contribution is 7.91. The van der Waals surface area contributed by atoms with Gasteiger partial charge < -0.3 is 14.6 Å². The molecule has 0 aliphatic carbocycles. The first-order valence-corrected chi connectivity index (χ1v) is 11.3. The summed E-state index contributed by atoms with van der Waals surface area (Å²) in [7, 11) is 1.64. The van der Waals surface area contributed by atoms with Crippen LogP contribution in [0, 0.1) is 17.5 Å². The molecule has 0 aliphatic rings. The predicted molar refractivity (Wildman–Crippen MR) is 123 cm³/mol. The van der Waals surface area contributed by atoms with Crippen LogP contribution in [0.2, 0.25) is 0 Å². The third kappa shape index (κ3) is 5.21. The van der Waals surface area contributed by atoms with Crippen LogP contribution in [-0.4, -0.2) is 26.6 Å². The van der Waals surface area contributed by atoms with Gasteiger partial charge in [-0.3, -0.25) is 0 Å². The Kier molecular flexibility index (Phi) is 7.14. The van der Waals surface area contributed by atoms with Gasteiger partial charge in [0.25, 0.3) is 0 Å². The number of rotatable bonds is 8. The minimum absolute atomic E-state index is 0.0234. The van der Waals surface area contributed by atoms with Gasteiger partial charge in [-0.05, 0) is 18.2 Å². The molecule has 11 heteroatoms. The summed E-state index contributed by atoms with van der Waals surface area (Å²) < 4.78 is 64.1. The Morgan fingerprint density at radius 2 is 1.76 bits per heavy atom. The van der Waals surface area contributed by atoms with Crippen molar-refractivity contribution in [2.45, 2.75) is 5.75 Å². The summed E-state index contributed by atoms with van der Waals surface area (Å²) in [6, 6.07) is 14.2. The number of pyridine rings is 1. The van der Waals surface area contributed by atoms with Gasteiger partial charge in [0, 0.05) is 31.1 Å². The zero-order valence-electron chi connectivity index (χ0n) is 17.8. The molecule has 4 aromatic rings. The van der Waals surface area contributed by atoms with Crippen molar-refractivity contribution in [3.63, 3.8) is 0 Å². The van der Waals surface area contributed by atoms with Crippen LogP contribution in [0.15, 0.2) is 67.0 Å². The van der Waals surface area contributed by atoms with Crippen LogP contribution < -0.4 is 14.8 Å². The van der Waals surface area contributed by atoms with E-state index in [0.29, 0.717) is 28.8 Å². The molecule has 0 spiro atoms. The van der Waals surface area contributed by atoms with E-state index >= 15 is 0 Å². The largest absolute Gasteiger partial charge is 0.593 e. The Bertz CT molecular complexity index is 1300. The second kappa shape index (κ2) is 10.4. The molecule has 4 rings (SSSR count). The lowest BCUT2D eigenvalue weighted by molar-refractivity contribution is 0.401. The van der Waals surface area contributed by atoms with Gasteiger partial charge in [-0.25, -0.2) is 28.5 Å². The van der Waals surface area contributed by atoms with Crippen LogP contribution in [0.5, 0.6) is 11.6 Å². The van der Waals surface area contributed by atoms with Crippen molar-refractivity contribution in [3.05, 3.63) is 90.0 Å². The first-order valence-electron chi connectivity index (χ1n) is 9.96. The number of benzene rings is 2. The highest BCUT2D eigenvalue weighted by Gasteiger charge is 2.25. The Balaban J connectivity index is 1.60. The lowest BCUT2D eigenvalue weighted by atomic mass is 10.2. The molecule has 2 aromatic carbocycles. The summed E-state index contributed by atoms with van der Waals surface area (Å²) in [5, 5.41) is 2.79. The quantitative estimate of drug-likeness (QED) is 0.266. The van der Waals surface area contributed by atoms with E-state index in [4.69, 9.17) is 4.74 Å². The van der Waals surface area contributed by atoms with Crippen LogP contribution in [-0.2, 0) is 17.1 Å². The maximum Gasteiger partial charge on any atom is 0.228 e. The lowest BCUT2D eigenvalue weighted by Crippen LogP contribution is -2.17. The van der Waals surface area contributed by atoms with E-state index in [2.05, 4.69) is 25.0 Å². The Hall–Kier alpha value is -3.83. The van der Waals surface area contributed by atoms with Crippen molar-refractivity contribution in [3.8, 4) is 22.9 Å². The highest BCUT2D eigenvalue weighted by Crippen LogP contribution is 2.35. The Morgan fingerprint density at radius 3 is 2.53 bits per heavy atom. The molecule has 7 nitrogen and oxygen atoms in total. The summed E-state index contributed by atoms with van der Waals surface area (Å²) in [5.74, 6) is -4.73. The molecule has 0 aliphatic heterocycles. The van der Waals surface area contributed by atoms with Crippen molar-refractivity contribution in [2.24, 2.45) is 0 Å². The highest BCUT2D eigenvalue weighted by atomic mass is 32.2. The van der Waals surface area contributed by atoms with Crippen molar-refractivity contribution >= 4 is 23.0 Å². The number of halogens is 3. The minimum atomic E-state index is -1.90. The van der Waals surface area contributed by atoms with Crippen LogP contribution >= 0.6 is 0 Å². The summed E-state index contributed by atoms with van der Waals surface area (Å²) in [4.78, 5) is 12.3. The number of hydrogen-bond acceptors (Lipinski definition) is 7.